The largest absolute Gasteiger partial charge is 0.382 e. The highest BCUT2D eigenvalue weighted by atomic mass is 32.2. The standard InChI is InChI=1S/C26H28N2O3S/c1-2-31-19-11-18-27-25(29)22-16-9-10-17-23(22)28-26(30)24(20-12-5-3-6-13-20)32-21-14-7-4-8-15-21/h3-10,12-17,24H,2,11,18-19H2,1H3,(H,27,29)(H,28,30). The second-order valence-electron chi connectivity index (χ2n) is 7.06. The Bertz CT molecular complexity index is 996. The van der Waals surface area contributed by atoms with Crippen LogP contribution < -0.4 is 10.6 Å². The van der Waals surface area contributed by atoms with Crippen molar-refractivity contribution in [1.29, 1.82) is 0 Å². The molecule has 0 aliphatic carbocycles. The fourth-order valence-electron chi connectivity index (χ4n) is 3.14. The summed E-state index contributed by atoms with van der Waals surface area (Å²) in [6.45, 7) is 3.71. The maximum absolute atomic E-state index is 13.3. The molecule has 1 atom stereocenters. The minimum Gasteiger partial charge on any atom is -0.382 e. The summed E-state index contributed by atoms with van der Waals surface area (Å²) in [6.07, 6.45) is 0.734. The second kappa shape index (κ2) is 12.7. The third-order valence-electron chi connectivity index (χ3n) is 4.72. The van der Waals surface area contributed by atoms with Crippen LogP contribution in [0.2, 0.25) is 0 Å². The molecule has 0 saturated carbocycles. The highest BCUT2D eigenvalue weighted by Crippen LogP contribution is 2.36. The summed E-state index contributed by atoms with van der Waals surface area (Å²) in [5, 5.41) is 5.42. The van der Waals surface area contributed by atoms with Gasteiger partial charge < -0.3 is 15.4 Å². The average Bonchev–Trinajstić information content (AvgIpc) is 2.84. The molecular formula is C26H28N2O3S. The molecule has 0 fully saturated rings. The number of thioether (sulfide) groups is 1. The summed E-state index contributed by atoms with van der Waals surface area (Å²) in [5.41, 5.74) is 1.83. The summed E-state index contributed by atoms with van der Waals surface area (Å²) >= 11 is 1.48. The topological polar surface area (TPSA) is 67.4 Å². The van der Waals surface area contributed by atoms with E-state index in [0.29, 0.717) is 31.0 Å². The van der Waals surface area contributed by atoms with Crippen molar-refractivity contribution in [3.8, 4) is 0 Å². The van der Waals surface area contributed by atoms with E-state index in [1.54, 1.807) is 18.2 Å². The van der Waals surface area contributed by atoms with E-state index < -0.39 is 5.25 Å². The molecule has 0 heterocycles. The first kappa shape index (κ1) is 23.6. The first-order valence-electron chi connectivity index (χ1n) is 10.7. The molecule has 0 aliphatic rings. The molecule has 1 unspecified atom stereocenters. The molecule has 5 nitrogen and oxygen atoms in total. The molecule has 0 saturated heterocycles. The number of carbonyl (C=O) groups is 2. The SMILES string of the molecule is CCOCCCNC(=O)c1ccccc1NC(=O)C(Sc1ccccc1)c1ccccc1. The number of ether oxygens (including phenoxy) is 1. The summed E-state index contributed by atoms with van der Waals surface area (Å²) < 4.78 is 5.30. The lowest BCUT2D eigenvalue weighted by Crippen LogP contribution is -2.27. The molecule has 0 spiro atoms. The Morgan fingerprint density at radius 2 is 1.56 bits per heavy atom. The number of hydrogen-bond donors (Lipinski definition) is 2. The Hall–Kier alpha value is -3.09. The van der Waals surface area contributed by atoms with Gasteiger partial charge in [0.15, 0.2) is 0 Å². The van der Waals surface area contributed by atoms with Crippen LogP contribution in [0.3, 0.4) is 0 Å². The van der Waals surface area contributed by atoms with Crippen LogP contribution in [0.25, 0.3) is 0 Å². The molecule has 0 radical (unpaired) electrons. The summed E-state index contributed by atoms with van der Waals surface area (Å²) in [6, 6.07) is 26.5. The highest BCUT2D eigenvalue weighted by molar-refractivity contribution is 8.00. The maximum atomic E-state index is 13.3. The minimum atomic E-state index is -0.457. The number of nitrogens with one attached hydrogen (secondary N) is 2. The van der Waals surface area contributed by atoms with Crippen molar-refractivity contribution in [2.75, 3.05) is 25.1 Å². The lowest BCUT2D eigenvalue weighted by molar-refractivity contribution is -0.115. The van der Waals surface area contributed by atoms with Crippen molar-refractivity contribution in [1.82, 2.24) is 5.32 Å². The van der Waals surface area contributed by atoms with Crippen LogP contribution in [0.4, 0.5) is 5.69 Å². The smallest absolute Gasteiger partial charge is 0.253 e. The van der Waals surface area contributed by atoms with Gasteiger partial charge >= 0.3 is 0 Å². The van der Waals surface area contributed by atoms with Gasteiger partial charge in [0, 0.05) is 24.7 Å². The normalized spacial score (nSPS) is 11.5. The first-order chi connectivity index (χ1) is 15.7. The predicted octanol–water partition coefficient (Wildman–Crippen LogP) is 5.32. The molecule has 3 rings (SSSR count). The van der Waals surface area contributed by atoms with E-state index in [9.17, 15) is 9.59 Å². The number of rotatable bonds is 11. The monoisotopic (exact) mass is 448 g/mol. The second-order valence-corrected chi connectivity index (χ2v) is 8.24. The van der Waals surface area contributed by atoms with Gasteiger partial charge in [0.05, 0.1) is 11.3 Å². The molecule has 0 aromatic heterocycles. The molecule has 166 valence electrons. The van der Waals surface area contributed by atoms with E-state index in [4.69, 9.17) is 4.74 Å². The highest BCUT2D eigenvalue weighted by Gasteiger charge is 2.23. The number of amides is 2. The van der Waals surface area contributed by atoms with Gasteiger partial charge in [-0.2, -0.15) is 0 Å². The quantitative estimate of drug-likeness (QED) is 0.308. The number of para-hydroxylation sites is 1. The van der Waals surface area contributed by atoms with Gasteiger partial charge in [0.1, 0.15) is 5.25 Å². The van der Waals surface area contributed by atoms with E-state index in [1.165, 1.54) is 11.8 Å². The van der Waals surface area contributed by atoms with E-state index in [1.807, 2.05) is 73.7 Å². The Balaban J connectivity index is 1.74. The van der Waals surface area contributed by atoms with Gasteiger partial charge in [-0.1, -0.05) is 60.7 Å². The van der Waals surface area contributed by atoms with Gasteiger partial charge in [-0.05, 0) is 43.2 Å². The molecule has 2 amide bonds. The molecule has 3 aromatic rings. The van der Waals surface area contributed by atoms with E-state index >= 15 is 0 Å². The van der Waals surface area contributed by atoms with Gasteiger partial charge in [-0.25, -0.2) is 0 Å². The third-order valence-corrected chi connectivity index (χ3v) is 5.99. The molecule has 6 heteroatoms. The Morgan fingerprint density at radius 1 is 0.906 bits per heavy atom. The first-order valence-corrected chi connectivity index (χ1v) is 11.6. The van der Waals surface area contributed by atoms with Crippen LogP contribution in [-0.4, -0.2) is 31.6 Å². The van der Waals surface area contributed by atoms with Crippen molar-refractivity contribution in [3.63, 3.8) is 0 Å². The lowest BCUT2D eigenvalue weighted by atomic mass is 10.1. The van der Waals surface area contributed by atoms with Gasteiger partial charge in [0.25, 0.3) is 5.91 Å². The minimum absolute atomic E-state index is 0.179. The van der Waals surface area contributed by atoms with E-state index in [0.717, 1.165) is 16.9 Å². The van der Waals surface area contributed by atoms with Crippen molar-refractivity contribution in [2.24, 2.45) is 0 Å². The summed E-state index contributed by atoms with van der Waals surface area (Å²) in [5.74, 6) is -0.397. The van der Waals surface area contributed by atoms with Crippen molar-refractivity contribution >= 4 is 29.3 Å². The molecule has 0 aliphatic heterocycles. The van der Waals surface area contributed by atoms with Gasteiger partial charge in [-0.15, -0.1) is 11.8 Å². The molecule has 2 N–H and O–H groups in total. The number of carbonyl (C=O) groups excluding carboxylic acids is 2. The molecular weight excluding hydrogens is 420 g/mol. The zero-order valence-electron chi connectivity index (χ0n) is 18.1. The van der Waals surface area contributed by atoms with E-state index in [2.05, 4.69) is 10.6 Å². The Labute approximate surface area is 193 Å². The van der Waals surface area contributed by atoms with Crippen molar-refractivity contribution in [3.05, 3.63) is 96.1 Å². The van der Waals surface area contributed by atoms with Gasteiger partial charge in [0.2, 0.25) is 5.91 Å². The zero-order valence-corrected chi connectivity index (χ0v) is 18.9. The van der Waals surface area contributed by atoms with E-state index in [-0.39, 0.29) is 11.8 Å². The Kier molecular flexibility index (Phi) is 9.35. The zero-order chi connectivity index (χ0) is 22.6. The van der Waals surface area contributed by atoms with Crippen LogP contribution in [-0.2, 0) is 9.53 Å². The summed E-state index contributed by atoms with van der Waals surface area (Å²) in [7, 11) is 0. The number of benzene rings is 3. The molecule has 0 bridgehead atoms. The predicted molar refractivity (Wildman–Crippen MR) is 130 cm³/mol. The van der Waals surface area contributed by atoms with Crippen LogP contribution in [0.15, 0.2) is 89.8 Å². The maximum Gasteiger partial charge on any atom is 0.253 e. The van der Waals surface area contributed by atoms with Gasteiger partial charge in [-0.3, -0.25) is 9.59 Å². The van der Waals surface area contributed by atoms with Crippen molar-refractivity contribution < 1.29 is 14.3 Å². The lowest BCUT2D eigenvalue weighted by Gasteiger charge is -2.18. The number of hydrogen-bond acceptors (Lipinski definition) is 4. The average molecular weight is 449 g/mol. The molecule has 32 heavy (non-hydrogen) atoms. The summed E-state index contributed by atoms with van der Waals surface area (Å²) in [4.78, 5) is 27.0. The van der Waals surface area contributed by atoms with Crippen LogP contribution >= 0.6 is 11.8 Å². The van der Waals surface area contributed by atoms with Crippen LogP contribution in [0.1, 0.15) is 34.5 Å². The fraction of sp³-hybridized carbons (Fsp3) is 0.231. The van der Waals surface area contributed by atoms with Crippen molar-refractivity contribution in [2.45, 2.75) is 23.5 Å². The number of anilines is 1. The third kappa shape index (κ3) is 6.97. The Morgan fingerprint density at radius 3 is 2.28 bits per heavy atom. The molecule has 3 aromatic carbocycles. The fourth-order valence-corrected chi connectivity index (χ4v) is 4.19. The van der Waals surface area contributed by atoms with Crippen LogP contribution in [0.5, 0.6) is 0 Å². The van der Waals surface area contributed by atoms with Crippen LogP contribution in [0, 0.1) is 0 Å².